The Hall–Kier alpha value is -3.24. The number of pyridine rings is 1. The monoisotopic (exact) mass is 491 g/mol. The van der Waals surface area contributed by atoms with Gasteiger partial charge in [0.15, 0.2) is 9.84 Å². The first-order valence-electron chi connectivity index (χ1n) is 10.5. The Morgan fingerprint density at radius 1 is 1.09 bits per heavy atom. The normalized spacial score (nSPS) is 12.9. The molecule has 1 atom stereocenters. The van der Waals surface area contributed by atoms with Crippen LogP contribution in [0.4, 0.5) is 13.2 Å². The minimum absolute atomic E-state index is 0.0311. The van der Waals surface area contributed by atoms with E-state index in [-0.39, 0.29) is 22.8 Å². The van der Waals surface area contributed by atoms with Crippen LogP contribution in [0.25, 0.3) is 11.1 Å². The largest absolute Gasteiger partial charge is 0.416 e. The van der Waals surface area contributed by atoms with Crippen LogP contribution >= 0.6 is 0 Å². The van der Waals surface area contributed by atoms with Gasteiger partial charge in [-0.25, -0.2) is 8.42 Å². The predicted octanol–water partition coefficient (Wildman–Crippen LogP) is 4.51. The van der Waals surface area contributed by atoms with Crippen molar-refractivity contribution in [2.45, 2.75) is 37.5 Å². The zero-order valence-corrected chi connectivity index (χ0v) is 19.4. The number of halogens is 3. The second-order valence-electron chi connectivity index (χ2n) is 7.70. The first-order chi connectivity index (χ1) is 16.0. The highest BCUT2D eigenvalue weighted by atomic mass is 32.2. The molecular weight excluding hydrogens is 467 g/mol. The summed E-state index contributed by atoms with van der Waals surface area (Å²) < 4.78 is 63.6. The summed E-state index contributed by atoms with van der Waals surface area (Å²) in [6.45, 7) is 3.33. The molecule has 10 heteroatoms. The number of rotatable bonds is 7. The molecule has 0 saturated heterocycles. The van der Waals surface area contributed by atoms with E-state index in [2.05, 4.69) is 10.3 Å². The number of hydrogen-bond acceptors (Lipinski definition) is 5. The van der Waals surface area contributed by atoms with Gasteiger partial charge < -0.3 is 11.1 Å². The number of amides is 1. The Morgan fingerprint density at radius 2 is 1.76 bits per heavy atom. The van der Waals surface area contributed by atoms with E-state index < -0.39 is 33.5 Å². The summed E-state index contributed by atoms with van der Waals surface area (Å²) in [5, 5.41) is 2.78. The van der Waals surface area contributed by atoms with Gasteiger partial charge in [-0.05, 0) is 47.4 Å². The molecule has 0 saturated carbocycles. The van der Waals surface area contributed by atoms with Crippen LogP contribution in [-0.4, -0.2) is 25.1 Å². The molecule has 1 amide bonds. The number of carbonyl (C=O) groups is 1. The molecule has 34 heavy (non-hydrogen) atoms. The van der Waals surface area contributed by atoms with E-state index in [4.69, 9.17) is 5.73 Å². The SMILES string of the molecule is CCS(=O)(=O)c1cncc(C(=O)N[C@H](C)c2ccc(-c3cc(C(F)(F)F)ccc3CN)cc2)c1. The van der Waals surface area contributed by atoms with E-state index in [1.807, 2.05) is 0 Å². The Balaban J connectivity index is 1.81. The minimum Gasteiger partial charge on any atom is -0.345 e. The molecule has 6 nitrogen and oxygen atoms in total. The maximum Gasteiger partial charge on any atom is 0.416 e. The van der Waals surface area contributed by atoms with Crippen LogP contribution in [0.2, 0.25) is 0 Å². The smallest absolute Gasteiger partial charge is 0.345 e. The molecule has 0 aliphatic rings. The van der Waals surface area contributed by atoms with Crippen LogP contribution < -0.4 is 11.1 Å². The number of nitrogens with two attached hydrogens (primary N) is 1. The molecule has 1 aromatic heterocycles. The number of nitrogens with one attached hydrogen (secondary N) is 1. The molecule has 0 aliphatic carbocycles. The van der Waals surface area contributed by atoms with Crippen molar-refractivity contribution in [3.8, 4) is 11.1 Å². The molecule has 0 radical (unpaired) electrons. The molecule has 3 rings (SSSR count). The quantitative estimate of drug-likeness (QED) is 0.506. The van der Waals surface area contributed by atoms with E-state index in [9.17, 15) is 26.4 Å². The highest BCUT2D eigenvalue weighted by Crippen LogP contribution is 2.34. The first kappa shape index (κ1) is 25.4. The summed E-state index contributed by atoms with van der Waals surface area (Å²) in [4.78, 5) is 16.5. The molecule has 3 aromatic rings. The van der Waals surface area contributed by atoms with Crippen LogP contribution in [0, 0.1) is 0 Å². The third-order valence-electron chi connectivity index (χ3n) is 5.44. The lowest BCUT2D eigenvalue weighted by Crippen LogP contribution is -2.27. The molecule has 0 aliphatic heterocycles. The second-order valence-corrected chi connectivity index (χ2v) is 9.98. The summed E-state index contributed by atoms with van der Waals surface area (Å²) in [6, 6.07) is 11.0. The van der Waals surface area contributed by atoms with Crippen molar-refractivity contribution in [2.75, 3.05) is 5.75 Å². The standard InChI is InChI=1S/C24H24F3N3O3S/c1-3-34(32,33)21-10-19(13-29-14-21)23(31)30-15(2)16-4-6-17(7-5-16)22-11-20(24(25,26)27)9-8-18(22)12-28/h4-11,13-15H,3,12,28H2,1-2H3,(H,30,31)/t15-/m1/s1. The van der Waals surface area contributed by atoms with E-state index in [0.29, 0.717) is 22.3 Å². The number of carbonyl (C=O) groups excluding carboxylic acids is 1. The lowest BCUT2D eigenvalue weighted by Gasteiger charge is -2.16. The van der Waals surface area contributed by atoms with Crippen LogP contribution in [0.1, 0.15) is 46.9 Å². The topological polar surface area (TPSA) is 102 Å². The third kappa shape index (κ3) is 5.63. The van der Waals surface area contributed by atoms with Gasteiger partial charge in [0, 0.05) is 18.9 Å². The molecule has 2 aromatic carbocycles. The average Bonchev–Trinajstić information content (AvgIpc) is 2.83. The summed E-state index contributed by atoms with van der Waals surface area (Å²) in [5.74, 6) is -0.610. The van der Waals surface area contributed by atoms with Gasteiger partial charge in [0.2, 0.25) is 0 Å². The molecule has 0 bridgehead atoms. The number of alkyl halides is 3. The zero-order chi connectivity index (χ0) is 25.1. The Bertz CT molecular complexity index is 1290. The fourth-order valence-corrected chi connectivity index (χ4v) is 4.26. The Kier molecular flexibility index (Phi) is 7.42. The second kappa shape index (κ2) is 9.94. The highest BCUT2D eigenvalue weighted by molar-refractivity contribution is 7.91. The van der Waals surface area contributed by atoms with Gasteiger partial charge in [0.25, 0.3) is 5.91 Å². The first-order valence-corrected chi connectivity index (χ1v) is 12.1. The van der Waals surface area contributed by atoms with E-state index >= 15 is 0 Å². The molecule has 180 valence electrons. The Morgan fingerprint density at radius 3 is 2.35 bits per heavy atom. The van der Waals surface area contributed by atoms with Gasteiger partial charge in [0.05, 0.1) is 27.8 Å². The highest BCUT2D eigenvalue weighted by Gasteiger charge is 2.31. The van der Waals surface area contributed by atoms with Gasteiger partial charge in [-0.1, -0.05) is 37.3 Å². The number of benzene rings is 2. The van der Waals surface area contributed by atoms with Crippen LogP contribution in [0.5, 0.6) is 0 Å². The molecule has 1 heterocycles. The van der Waals surface area contributed by atoms with E-state index in [0.717, 1.165) is 12.1 Å². The van der Waals surface area contributed by atoms with Gasteiger partial charge >= 0.3 is 6.18 Å². The summed E-state index contributed by atoms with van der Waals surface area (Å²) in [6.07, 6.45) is -1.99. The van der Waals surface area contributed by atoms with Crippen molar-refractivity contribution < 1.29 is 26.4 Å². The van der Waals surface area contributed by atoms with Crippen LogP contribution in [0.3, 0.4) is 0 Å². The molecule has 0 spiro atoms. The van der Waals surface area contributed by atoms with Crippen LogP contribution in [0.15, 0.2) is 65.8 Å². The predicted molar refractivity (Wildman–Crippen MR) is 123 cm³/mol. The van der Waals surface area contributed by atoms with Crippen molar-refractivity contribution in [3.63, 3.8) is 0 Å². The lowest BCUT2D eigenvalue weighted by atomic mass is 9.95. The maximum absolute atomic E-state index is 13.2. The summed E-state index contributed by atoms with van der Waals surface area (Å²) in [7, 11) is -3.51. The number of sulfone groups is 1. The van der Waals surface area contributed by atoms with Crippen molar-refractivity contribution >= 4 is 15.7 Å². The fourth-order valence-electron chi connectivity index (χ4n) is 3.39. The fraction of sp³-hybridized carbons (Fsp3) is 0.250. The van der Waals surface area contributed by atoms with E-state index in [1.54, 1.807) is 31.2 Å². The molecule has 3 N–H and O–H groups in total. The van der Waals surface area contributed by atoms with Gasteiger partial charge in [0.1, 0.15) is 0 Å². The van der Waals surface area contributed by atoms with Crippen molar-refractivity contribution in [1.29, 1.82) is 0 Å². The number of hydrogen-bond donors (Lipinski definition) is 2. The van der Waals surface area contributed by atoms with E-state index in [1.165, 1.54) is 31.5 Å². The molecular formula is C24H24F3N3O3S. The molecule has 0 unspecified atom stereocenters. The Labute approximate surface area is 195 Å². The van der Waals surface area contributed by atoms with Crippen LogP contribution in [-0.2, 0) is 22.6 Å². The summed E-state index contributed by atoms with van der Waals surface area (Å²) in [5.41, 5.74) is 7.30. The third-order valence-corrected chi connectivity index (χ3v) is 7.14. The van der Waals surface area contributed by atoms with Gasteiger partial charge in [-0.15, -0.1) is 0 Å². The number of aromatic nitrogens is 1. The van der Waals surface area contributed by atoms with Gasteiger partial charge in [-0.3, -0.25) is 9.78 Å². The summed E-state index contributed by atoms with van der Waals surface area (Å²) >= 11 is 0. The molecule has 0 fully saturated rings. The van der Waals surface area contributed by atoms with Crippen molar-refractivity contribution in [3.05, 3.63) is 83.2 Å². The lowest BCUT2D eigenvalue weighted by molar-refractivity contribution is -0.137. The number of nitrogens with zero attached hydrogens (tertiary/aromatic N) is 1. The van der Waals surface area contributed by atoms with Crippen molar-refractivity contribution in [2.24, 2.45) is 5.73 Å². The maximum atomic E-state index is 13.2. The average molecular weight is 492 g/mol. The van der Waals surface area contributed by atoms with Crippen molar-refractivity contribution in [1.82, 2.24) is 10.3 Å². The minimum atomic E-state index is -4.47. The van der Waals surface area contributed by atoms with Gasteiger partial charge in [-0.2, -0.15) is 13.2 Å². The zero-order valence-electron chi connectivity index (χ0n) is 18.6.